The highest BCUT2D eigenvalue weighted by molar-refractivity contribution is 5.39. The fourth-order valence-electron chi connectivity index (χ4n) is 2.53. The molecule has 0 aliphatic carbocycles. The fraction of sp³-hybridized carbons (Fsp3) is 0.368. The van der Waals surface area contributed by atoms with E-state index >= 15 is 0 Å². The van der Waals surface area contributed by atoms with Crippen LogP contribution in [-0.4, -0.2) is 13.2 Å². The first-order chi connectivity index (χ1) is 10.3. The van der Waals surface area contributed by atoms with Crippen molar-refractivity contribution < 1.29 is 4.74 Å². The van der Waals surface area contributed by atoms with Crippen LogP contribution in [0.2, 0.25) is 0 Å². The third kappa shape index (κ3) is 4.08. The molecule has 112 valence electrons. The maximum absolute atomic E-state index is 5.76. The highest BCUT2D eigenvalue weighted by Gasteiger charge is 2.15. The van der Waals surface area contributed by atoms with Gasteiger partial charge in [-0.3, -0.25) is 0 Å². The minimum Gasteiger partial charge on any atom is -0.494 e. The maximum Gasteiger partial charge on any atom is 0.119 e. The molecule has 2 nitrogen and oxygen atoms in total. The second-order valence-corrected chi connectivity index (χ2v) is 5.27. The fourth-order valence-corrected chi connectivity index (χ4v) is 2.53. The molecule has 0 aliphatic heterocycles. The lowest BCUT2D eigenvalue weighted by molar-refractivity contribution is 0.317. The summed E-state index contributed by atoms with van der Waals surface area (Å²) >= 11 is 0. The van der Waals surface area contributed by atoms with E-state index in [4.69, 9.17) is 4.74 Å². The molecule has 1 N–H and O–H groups in total. The average molecular weight is 283 g/mol. The molecule has 1 atom stereocenters. The van der Waals surface area contributed by atoms with Crippen molar-refractivity contribution >= 4 is 0 Å². The number of ether oxygens (including phenoxy) is 1. The Balaban J connectivity index is 2.32. The molecule has 2 rings (SSSR count). The predicted molar refractivity (Wildman–Crippen MR) is 88.9 cm³/mol. The third-order valence-corrected chi connectivity index (χ3v) is 3.57. The van der Waals surface area contributed by atoms with Crippen molar-refractivity contribution in [1.29, 1.82) is 0 Å². The van der Waals surface area contributed by atoms with E-state index in [9.17, 15) is 0 Å². The van der Waals surface area contributed by atoms with Gasteiger partial charge in [-0.25, -0.2) is 0 Å². The first kappa shape index (κ1) is 15.6. The normalized spacial score (nSPS) is 12.1. The first-order valence-corrected chi connectivity index (χ1v) is 7.78. The van der Waals surface area contributed by atoms with Crippen molar-refractivity contribution in [2.75, 3.05) is 13.2 Å². The third-order valence-electron chi connectivity index (χ3n) is 3.57. The molecule has 0 amide bonds. The monoisotopic (exact) mass is 283 g/mol. The summed E-state index contributed by atoms with van der Waals surface area (Å²) in [5.74, 6) is 0.950. The smallest absolute Gasteiger partial charge is 0.119 e. The van der Waals surface area contributed by atoms with Crippen molar-refractivity contribution in [1.82, 2.24) is 5.32 Å². The van der Waals surface area contributed by atoms with Crippen LogP contribution in [0.15, 0.2) is 48.5 Å². The van der Waals surface area contributed by atoms with Gasteiger partial charge in [0, 0.05) is 0 Å². The molecule has 0 aromatic heterocycles. The zero-order valence-electron chi connectivity index (χ0n) is 13.2. The summed E-state index contributed by atoms with van der Waals surface area (Å²) in [6.07, 6.45) is 1.03. The number of rotatable bonds is 7. The number of nitrogens with one attached hydrogen (secondary N) is 1. The molecule has 0 saturated carbocycles. The summed E-state index contributed by atoms with van der Waals surface area (Å²) in [5, 5.41) is 3.58. The van der Waals surface area contributed by atoms with Crippen LogP contribution in [0.25, 0.3) is 0 Å². The van der Waals surface area contributed by atoms with Crippen LogP contribution in [0, 0.1) is 6.92 Å². The summed E-state index contributed by atoms with van der Waals surface area (Å²) in [7, 11) is 0. The molecule has 21 heavy (non-hydrogen) atoms. The molecule has 0 radical (unpaired) electrons. The Hall–Kier alpha value is -1.80. The van der Waals surface area contributed by atoms with Gasteiger partial charge in [-0.15, -0.1) is 0 Å². The van der Waals surface area contributed by atoms with Crippen LogP contribution in [0.1, 0.15) is 43.0 Å². The topological polar surface area (TPSA) is 21.3 Å². The van der Waals surface area contributed by atoms with Gasteiger partial charge in [0.05, 0.1) is 12.6 Å². The van der Waals surface area contributed by atoms with Crippen molar-refractivity contribution in [3.63, 3.8) is 0 Å². The number of benzene rings is 2. The molecule has 0 heterocycles. The quantitative estimate of drug-likeness (QED) is 0.808. The Morgan fingerprint density at radius 1 is 1.05 bits per heavy atom. The minimum atomic E-state index is 0.210. The van der Waals surface area contributed by atoms with Crippen molar-refractivity contribution in [2.45, 2.75) is 33.2 Å². The summed E-state index contributed by atoms with van der Waals surface area (Å²) < 4.78 is 5.76. The summed E-state index contributed by atoms with van der Waals surface area (Å²) in [6, 6.07) is 17.2. The van der Waals surface area contributed by atoms with E-state index in [1.165, 1.54) is 16.7 Å². The molecule has 2 aromatic carbocycles. The second-order valence-electron chi connectivity index (χ2n) is 5.27. The standard InChI is InChI=1S/C19H25NO/c1-4-13-21-17-11-8-10-16(14-17)19(20-5-2)18-12-7-6-9-15(18)3/h6-12,14,19-20H,4-5,13H2,1-3H3. The number of hydrogen-bond donors (Lipinski definition) is 1. The zero-order valence-corrected chi connectivity index (χ0v) is 13.2. The Morgan fingerprint density at radius 2 is 1.86 bits per heavy atom. The summed E-state index contributed by atoms with van der Waals surface area (Å²) in [6.45, 7) is 8.12. The van der Waals surface area contributed by atoms with Crippen LogP contribution in [0.4, 0.5) is 0 Å². The molecule has 0 bridgehead atoms. The van der Waals surface area contributed by atoms with Crippen molar-refractivity contribution in [2.24, 2.45) is 0 Å². The first-order valence-electron chi connectivity index (χ1n) is 7.78. The Morgan fingerprint density at radius 3 is 2.57 bits per heavy atom. The van der Waals surface area contributed by atoms with E-state index in [0.717, 1.165) is 25.3 Å². The minimum absolute atomic E-state index is 0.210. The Kier molecular flexibility index (Phi) is 5.82. The SMILES string of the molecule is CCCOc1cccc(C(NCC)c2ccccc2C)c1. The van der Waals surface area contributed by atoms with Gasteiger partial charge in [-0.05, 0) is 48.7 Å². The highest BCUT2D eigenvalue weighted by Crippen LogP contribution is 2.27. The van der Waals surface area contributed by atoms with E-state index in [1.54, 1.807) is 0 Å². The van der Waals surface area contributed by atoms with Gasteiger partial charge in [-0.2, -0.15) is 0 Å². The predicted octanol–water partition coefficient (Wildman–Crippen LogP) is 4.48. The van der Waals surface area contributed by atoms with Crippen LogP contribution in [0.3, 0.4) is 0 Å². The lowest BCUT2D eigenvalue weighted by Gasteiger charge is -2.21. The van der Waals surface area contributed by atoms with Gasteiger partial charge in [0.2, 0.25) is 0 Å². The second kappa shape index (κ2) is 7.84. The van der Waals surface area contributed by atoms with Gasteiger partial charge in [0.1, 0.15) is 5.75 Å². The van der Waals surface area contributed by atoms with Gasteiger partial charge >= 0.3 is 0 Å². The molecule has 2 aromatic rings. The molecular weight excluding hydrogens is 258 g/mol. The van der Waals surface area contributed by atoms with Gasteiger partial charge in [-0.1, -0.05) is 50.2 Å². The molecule has 0 saturated heterocycles. The molecule has 0 aliphatic rings. The van der Waals surface area contributed by atoms with E-state index in [-0.39, 0.29) is 6.04 Å². The largest absolute Gasteiger partial charge is 0.494 e. The van der Waals surface area contributed by atoms with E-state index in [0.29, 0.717) is 0 Å². The number of aryl methyl sites for hydroxylation is 1. The van der Waals surface area contributed by atoms with Crippen molar-refractivity contribution in [3.8, 4) is 5.75 Å². The Labute approximate surface area is 128 Å². The lowest BCUT2D eigenvalue weighted by Crippen LogP contribution is -2.22. The highest BCUT2D eigenvalue weighted by atomic mass is 16.5. The number of hydrogen-bond acceptors (Lipinski definition) is 2. The van der Waals surface area contributed by atoms with E-state index in [1.807, 2.05) is 6.07 Å². The van der Waals surface area contributed by atoms with E-state index < -0.39 is 0 Å². The van der Waals surface area contributed by atoms with Crippen molar-refractivity contribution in [3.05, 3.63) is 65.2 Å². The lowest BCUT2D eigenvalue weighted by atomic mass is 9.95. The van der Waals surface area contributed by atoms with Crippen LogP contribution >= 0.6 is 0 Å². The average Bonchev–Trinajstić information content (AvgIpc) is 2.52. The van der Waals surface area contributed by atoms with Crippen LogP contribution in [0.5, 0.6) is 5.75 Å². The molecule has 0 spiro atoms. The van der Waals surface area contributed by atoms with Gasteiger partial charge in [0.15, 0.2) is 0 Å². The molecular formula is C19H25NO. The Bertz CT molecular complexity index is 565. The molecule has 2 heteroatoms. The van der Waals surface area contributed by atoms with E-state index in [2.05, 4.69) is 68.6 Å². The zero-order chi connectivity index (χ0) is 15.1. The van der Waals surface area contributed by atoms with Crippen LogP contribution in [-0.2, 0) is 0 Å². The van der Waals surface area contributed by atoms with Crippen LogP contribution < -0.4 is 10.1 Å². The van der Waals surface area contributed by atoms with Gasteiger partial charge < -0.3 is 10.1 Å². The molecule has 1 unspecified atom stereocenters. The maximum atomic E-state index is 5.76. The molecule has 0 fully saturated rings. The summed E-state index contributed by atoms with van der Waals surface area (Å²) in [4.78, 5) is 0. The van der Waals surface area contributed by atoms with Gasteiger partial charge in [0.25, 0.3) is 0 Å². The summed E-state index contributed by atoms with van der Waals surface area (Å²) in [5.41, 5.74) is 3.88.